The summed E-state index contributed by atoms with van der Waals surface area (Å²) in [6.07, 6.45) is -4.78. The van der Waals surface area contributed by atoms with Gasteiger partial charge < -0.3 is 20.1 Å². The third-order valence-electron chi connectivity index (χ3n) is 4.14. The average Bonchev–Trinajstić information content (AvgIpc) is 2.67. The SMILES string of the molecule is COc1cccc(NC(=O)CN(C)C(C)C(=O)Nc2ccc(OC(F)(F)F)cc2)c1. The van der Waals surface area contributed by atoms with Crippen molar-refractivity contribution in [2.75, 3.05) is 31.3 Å². The fourth-order valence-corrected chi connectivity index (χ4v) is 2.45. The Morgan fingerprint density at radius 3 is 2.30 bits per heavy atom. The highest BCUT2D eigenvalue weighted by Crippen LogP contribution is 2.24. The van der Waals surface area contributed by atoms with Crippen molar-refractivity contribution in [3.63, 3.8) is 0 Å². The van der Waals surface area contributed by atoms with Crippen molar-refractivity contribution < 1.29 is 32.2 Å². The summed E-state index contributed by atoms with van der Waals surface area (Å²) in [7, 11) is 3.13. The highest BCUT2D eigenvalue weighted by Gasteiger charge is 2.31. The van der Waals surface area contributed by atoms with E-state index >= 15 is 0 Å². The van der Waals surface area contributed by atoms with Gasteiger partial charge in [0.2, 0.25) is 11.8 Å². The molecule has 0 radical (unpaired) electrons. The largest absolute Gasteiger partial charge is 0.573 e. The van der Waals surface area contributed by atoms with Gasteiger partial charge >= 0.3 is 6.36 Å². The van der Waals surface area contributed by atoms with E-state index in [0.717, 1.165) is 12.1 Å². The van der Waals surface area contributed by atoms with Gasteiger partial charge in [-0.1, -0.05) is 6.07 Å². The zero-order valence-electron chi connectivity index (χ0n) is 16.6. The van der Waals surface area contributed by atoms with Gasteiger partial charge in [0.15, 0.2) is 0 Å². The minimum Gasteiger partial charge on any atom is -0.497 e. The molecule has 0 aromatic heterocycles. The number of amides is 2. The smallest absolute Gasteiger partial charge is 0.497 e. The van der Waals surface area contributed by atoms with Crippen LogP contribution < -0.4 is 20.1 Å². The molecule has 0 spiro atoms. The number of nitrogens with zero attached hydrogens (tertiary/aromatic N) is 1. The summed E-state index contributed by atoms with van der Waals surface area (Å²) in [6.45, 7) is 1.56. The van der Waals surface area contributed by atoms with Crippen molar-refractivity contribution in [3.05, 3.63) is 48.5 Å². The lowest BCUT2D eigenvalue weighted by molar-refractivity contribution is -0.274. The van der Waals surface area contributed by atoms with Gasteiger partial charge in [-0.05, 0) is 50.4 Å². The molecule has 1 unspecified atom stereocenters. The van der Waals surface area contributed by atoms with E-state index < -0.39 is 18.3 Å². The lowest BCUT2D eigenvalue weighted by Gasteiger charge is -2.23. The number of benzene rings is 2. The third kappa shape index (κ3) is 7.28. The maximum atomic E-state index is 12.4. The van der Waals surface area contributed by atoms with Crippen LogP contribution in [0.2, 0.25) is 0 Å². The molecule has 2 aromatic rings. The van der Waals surface area contributed by atoms with Gasteiger partial charge in [-0.3, -0.25) is 14.5 Å². The molecular formula is C20H22F3N3O4. The first-order chi connectivity index (χ1) is 14.1. The first kappa shape index (κ1) is 23.0. The zero-order valence-corrected chi connectivity index (χ0v) is 16.6. The number of carbonyl (C=O) groups is 2. The van der Waals surface area contributed by atoms with Crippen molar-refractivity contribution >= 4 is 23.2 Å². The Morgan fingerprint density at radius 2 is 1.70 bits per heavy atom. The maximum Gasteiger partial charge on any atom is 0.573 e. The highest BCUT2D eigenvalue weighted by molar-refractivity contribution is 5.96. The molecule has 162 valence electrons. The van der Waals surface area contributed by atoms with E-state index in [1.54, 1.807) is 38.2 Å². The van der Waals surface area contributed by atoms with Gasteiger partial charge in [0, 0.05) is 17.4 Å². The van der Waals surface area contributed by atoms with E-state index in [4.69, 9.17) is 4.74 Å². The Bertz CT molecular complexity index is 872. The fraction of sp³-hybridized carbons (Fsp3) is 0.300. The normalized spacial score (nSPS) is 12.2. The highest BCUT2D eigenvalue weighted by atomic mass is 19.4. The summed E-state index contributed by atoms with van der Waals surface area (Å²) in [5.74, 6) is -0.532. The summed E-state index contributed by atoms with van der Waals surface area (Å²) in [5, 5.41) is 5.30. The molecule has 0 aliphatic carbocycles. The van der Waals surface area contributed by atoms with E-state index in [2.05, 4.69) is 15.4 Å². The first-order valence-corrected chi connectivity index (χ1v) is 8.88. The van der Waals surface area contributed by atoms with Crippen LogP contribution in [-0.2, 0) is 9.59 Å². The van der Waals surface area contributed by atoms with Crippen molar-refractivity contribution in [1.29, 1.82) is 0 Å². The summed E-state index contributed by atoms with van der Waals surface area (Å²) in [4.78, 5) is 26.1. The van der Waals surface area contributed by atoms with Crippen molar-refractivity contribution in [1.82, 2.24) is 4.90 Å². The average molecular weight is 425 g/mol. The number of nitrogens with one attached hydrogen (secondary N) is 2. The van der Waals surface area contributed by atoms with Crippen LogP contribution in [-0.4, -0.2) is 49.8 Å². The number of likely N-dealkylation sites (N-methyl/N-ethyl adjacent to an activating group) is 1. The first-order valence-electron chi connectivity index (χ1n) is 8.88. The molecule has 0 bridgehead atoms. The summed E-state index contributed by atoms with van der Waals surface area (Å²) >= 11 is 0. The number of carbonyl (C=O) groups excluding carboxylic acids is 2. The second-order valence-electron chi connectivity index (χ2n) is 6.43. The molecule has 0 aliphatic heterocycles. The molecule has 7 nitrogen and oxygen atoms in total. The minimum absolute atomic E-state index is 0.0514. The number of anilines is 2. The fourth-order valence-electron chi connectivity index (χ4n) is 2.45. The Hall–Kier alpha value is -3.27. The molecule has 2 amide bonds. The number of methoxy groups -OCH3 is 1. The van der Waals surface area contributed by atoms with E-state index in [1.165, 1.54) is 24.1 Å². The standard InChI is InChI=1S/C20H22F3N3O4/c1-13(19(28)25-14-7-9-16(10-8-14)30-20(21,22)23)26(2)12-18(27)24-15-5-4-6-17(11-15)29-3/h4-11,13H,12H2,1-3H3,(H,24,27)(H,25,28). The van der Waals surface area contributed by atoms with E-state index in [1.807, 2.05) is 0 Å². The van der Waals surface area contributed by atoms with Crippen LogP contribution in [0, 0.1) is 0 Å². The molecular weight excluding hydrogens is 403 g/mol. The lowest BCUT2D eigenvalue weighted by Crippen LogP contribution is -2.43. The molecule has 10 heteroatoms. The molecule has 0 heterocycles. The van der Waals surface area contributed by atoms with Crippen LogP contribution >= 0.6 is 0 Å². The van der Waals surface area contributed by atoms with Crippen LogP contribution in [0.5, 0.6) is 11.5 Å². The summed E-state index contributed by atoms with van der Waals surface area (Å²) < 4.78 is 45.4. The van der Waals surface area contributed by atoms with Crippen LogP contribution in [0.15, 0.2) is 48.5 Å². The van der Waals surface area contributed by atoms with Crippen molar-refractivity contribution in [2.24, 2.45) is 0 Å². The Balaban J connectivity index is 1.87. The van der Waals surface area contributed by atoms with Gasteiger partial charge in [0.05, 0.1) is 19.7 Å². The Labute approximate surface area is 171 Å². The van der Waals surface area contributed by atoms with Gasteiger partial charge in [0.1, 0.15) is 11.5 Å². The molecule has 0 aliphatic rings. The Morgan fingerprint density at radius 1 is 1.03 bits per heavy atom. The monoisotopic (exact) mass is 425 g/mol. The summed E-state index contributed by atoms with van der Waals surface area (Å²) in [5.41, 5.74) is 0.863. The molecule has 2 aromatic carbocycles. The second-order valence-corrected chi connectivity index (χ2v) is 6.43. The number of rotatable bonds is 8. The van der Waals surface area contributed by atoms with Crippen LogP contribution in [0.3, 0.4) is 0 Å². The van der Waals surface area contributed by atoms with Crippen LogP contribution in [0.4, 0.5) is 24.5 Å². The topological polar surface area (TPSA) is 79.9 Å². The molecule has 1 atom stereocenters. The zero-order chi connectivity index (χ0) is 22.3. The second kappa shape index (κ2) is 9.97. The van der Waals surface area contributed by atoms with Gasteiger partial charge in [-0.15, -0.1) is 13.2 Å². The third-order valence-corrected chi connectivity index (χ3v) is 4.14. The van der Waals surface area contributed by atoms with Crippen LogP contribution in [0.25, 0.3) is 0 Å². The maximum absolute atomic E-state index is 12.4. The quantitative estimate of drug-likeness (QED) is 0.677. The summed E-state index contributed by atoms with van der Waals surface area (Å²) in [6, 6.07) is 11.0. The number of alkyl halides is 3. The number of ether oxygens (including phenoxy) is 2. The van der Waals surface area contributed by atoms with Gasteiger partial charge in [0.25, 0.3) is 0 Å². The predicted molar refractivity (Wildman–Crippen MR) is 105 cm³/mol. The minimum atomic E-state index is -4.78. The number of hydrogen-bond acceptors (Lipinski definition) is 5. The molecule has 2 N–H and O–H groups in total. The predicted octanol–water partition coefficient (Wildman–Crippen LogP) is 3.49. The number of halogens is 3. The van der Waals surface area contributed by atoms with Gasteiger partial charge in [-0.25, -0.2) is 0 Å². The molecule has 2 rings (SSSR count). The van der Waals surface area contributed by atoms with Crippen molar-refractivity contribution in [3.8, 4) is 11.5 Å². The van der Waals surface area contributed by atoms with E-state index in [-0.39, 0.29) is 18.2 Å². The molecule has 0 saturated heterocycles. The van der Waals surface area contributed by atoms with E-state index in [9.17, 15) is 22.8 Å². The van der Waals surface area contributed by atoms with Crippen LogP contribution in [0.1, 0.15) is 6.92 Å². The molecule has 30 heavy (non-hydrogen) atoms. The van der Waals surface area contributed by atoms with Crippen molar-refractivity contribution in [2.45, 2.75) is 19.3 Å². The molecule has 0 saturated carbocycles. The Kier molecular flexibility index (Phi) is 7.65. The number of hydrogen-bond donors (Lipinski definition) is 2. The lowest BCUT2D eigenvalue weighted by atomic mass is 10.2. The van der Waals surface area contributed by atoms with E-state index in [0.29, 0.717) is 17.1 Å². The molecule has 0 fully saturated rings. The van der Waals surface area contributed by atoms with Gasteiger partial charge in [-0.2, -0.15) is 0 Å².